The lowest BCUT2D eigenvalue weighted by atomic mass is 10.5. The second-order valence-electron chi connectivity index (χ2n) is 2.90. The van der Waals surface area contributed by atoms with Crippen LogP contribution >= 0.6 is 22.7 Å². The first-order valence-electron chi connectivity index (χ1n) is 4.34. The molecule has 78 valence electrons. The van der Waals surface area contributed by atoms with Gasteiger partial charge < -0.3 is 5.32 Å². The quantitative estimate of drug-likeness (QED) is 0.889. The molecule has 0 atom stereocenters. The maximum absolute atomic E-state index is 11.5. The Morgan fingerprint density at radius 2 is 2.40 bits per heavy atom. The summed E-state index contributed by atoms with van der Waals surface area (Å²) in [6.07, 6.45) is 1.62. The Morgan fingerprint density at radius 3 is 3.00 bits per heavy atom. The monoisotopic (exact) mass is 239 g/mol. The van der Waals surface area contributed by atoms with Gasteiger partial charge in [-0.1, -0.05) is 0 Å². The van der Waals surface area contributed by atoms with Crippen LogP contribution < -0.4 is 5.32 Å². The van der Waals surface area contributed by atoms with E-state index in [9.17, 15) is 4.79 Å². The van der Waals surface area contributed by atoms with Crippen LogP contribution in [0.5, 0.6) is 0 Å². The topological polar surface area (TPSA) is 54.9 Å². The minimum Gasteiger partial charge on any atom is -0.343 e. The van der Waals surface area contributed by atoms with Crippen molar-refractivity contribution in [2.45, 2.75) is 13.5 Å². The van der Waals surface area contributed by atoms with Gasteiger partial charge in [-0.2, -0.15) is 0 Å². The van der Waals surface area contributed by atoms with Crippen LogP contribution in [0.4, 0.5) is 0 Å². The van der Waals surface area contributed by atoms with E-state index >= 15 is 0 Å². The second kappa shape index (κ2) is 4.50. The molecular formula is C9H9N3OS2. The van der Waals surface area contributed by atoms with E-state index in [1.165, 1.54) is 11.3 Å². The lowest BCUT2D eigenvalue weighted by Gasteiger charge is -1.98. The van der Waals surface area contributed by atoms with Gasteiger partial charge >= 0.3 is 0 Å². The minimum absolute atomic E-state index is 0.141. The van der Waals surface area contributed by atoms with Crippen LogP contribution in [0.2, 0.25) is 0 Å². The molecule has 0 aliphatic carbocycles. The lowest BCUT2D eigenvalue weighted by Crippen LogP contribution is -2.22. The number of thiazole rings is 2. The van der Waals surface area contributed by atoms with E-state index in [1.807, 2.05) is 12.3 Å². The van der Waals surface area contributed by atoms with Gasteiger partial charge in [-0.25, -0.2) is 9.97 Å². The lowest BCUT2D eigenvalue weighted by molar-refractivity contribution is 0.0950. The zero-order valence-electron chi connectivity index (χ0n) is 8.06. The van der Waals surface area contributed by atoms with E-state index in [1.54, 1.807) is 22.9 Å². The Morgan fingerprint density at radius 1 is 1.53 bits per heavy atom. The van der Waals surface area contributed by atoms with Crippen LogP contribution in [-0.4, -0.2) is 15.9 Å². The fraction of sp³-hybridized carbons (Fsp3) is 0.222. The van der Waals surface area contributed by atoms with Gasteiger partial charge in [0, 0.05) is 22.7 Å². The smallest absolute Gasteiger partial charge is 0.280 e. The number of nitrogens with one attached hydrogen (secondary N) is 1. The van der Waals surface area contributed by atoms with E-state index < -0.39 is 0 Å². The summed E-state index contributed by atoms with van der Waals surface area (Å²) in [6.45, 7) is 2.40. The summed E-state index contributed by atoms with van der Waals surface area (Å²) in [4.78, 5) is 19.7. The van der Waals surface area contributed by atoms with Crippen LogP contribution in [0, 0.1) is 6.92 Å². The molecule has 0 saturated carbocycles. The first kappa shape index (κ1) is 10.3. The molecule has 0 aliphatic heterocycles. The predicted octanol–water partition coefficient (Wildman–Crippen LogP) is 1.84. The number of rotatable bonds is 3. The molecule has 0 radical (unpaired) electrons. The van der Waals surface area contributed by atoms with Crippen molar-refractivity contribution in [1.82, 2.24) is 15.3 Å². The number of amides is 1. The summed E-state index contributed by atoms with van der Waals surface area (Å²) in [5.74, 6) is -0.141. The van der Waals surface area contributed by atoms with Crippen molar-refractivity contribution < 1.29 is 4.79 Å². The largest absolute Gasteiger partial charge is 0.343 e. The highest BCUT2D eigenvalue weighted by molar-refractivity contribution is 7.11. The fourth-order valence-corrected chi connectivity index (χ4v) is 2.31. The van der Waals surface area contributed by atoms with Gasteiger partial charge in [0.15, 0.2) is 5.01 Å². The van der Waals surface area contributed by atoms with Crippen molar-refractivity contribution in [3.8, 4) is 0 Å². The number of aromatic nitrogens is 2. The summed E-state index contributed by atoms with van der Waals surface area (Å²) in [5.41, 5.74) is 0.985. The van der Waals surface area contributed by atoms with E-state index in [2.05, 4.69) is 15.3 Å². The molecule has 0 unspecified atom stereocenters. The molecule has 2 rings (SSSR count). The van der Waals surface area contributed by atoms with Crippen LogP contribution in [0.25, 0.3) is 0 Å². The Hall–Kier alpha value is -1.27. The van der Waals surface area contributed by atoms with E-state index in [0.29, 0.717) is 11.6 Å². The van der Waals surface area contributed by atoms with Crippen LogP contribution in [-0.2, 0) is 6.54 Å². The van der Waals surface area contributed by atoms with Crippen molar-refractivity contribution in [2.24, 2.45) is 0 Å². The summed E-state index contributed by atoms with van der Waals surface area (Å²) in [7, 11) is 0. The summed E-state index contributed by atoms with van der Waals surface area (Å²) in [5, 5.41) is 7.92. The standard InChI is InChI=1S/C9H9N3OS2/c1-6-5-15-7(12-6)4-11-8(13)9-10-2-3-14-9/h2-3,5H,4H2,1H3,(H,11,13). The Balaban J connectivity index is 1.91. The van der Waals surface area contributed by atoms with Gasteiger partial charge in [-0.05, 0) is 6.92 Å². The highest BCUT2D eigenvalue weighted by Gasteiger charge is 2.08. The third-order valence-corrected chi connectivity index (χ3v) is 3.43. The average Bonchev–Trinajstić information content (AvgIpc) is 2.84. The number of hydrogen-bond acceptors (Lipinski definition) is 5. The first-order valence-corrected chi connectivity index (χ1v) is 6.10. The Bertz CT molecular complexity index is 450. The van der Waals surface area contributed by atoms with Gasteiger partial charge in [0.05, 0.1) is 6.54 Å². The number of nitrogens with zero attached hydrogens (tertiary/aromatic N) is 2. The molecule has 0 fully saturated rings. The maximum Gasteiger partial charge on any atom is 0.280 e. The molecule has 15 heavy (non-hydrogen) atoms. The molecule has 0 bridgehead atoms. The van der Waals surface area contributed by atoms with Gasteiger partial charge in [0.25, 0.3) is 5.91 Å². The second-order valence-corrected chi connectivity index (χ2v) is 4.74. The minimum atomic E-state index is -0.141. The zero-order valence-corrected chi connectivity index (χ0v) is 9.69. The molecule has 0 aromatic carbocycles. The first-order chi connectivity index (χ1) is 7.25. The number of carbonyl (C=O) groups excluding carboxylic acids is 1. The molecule has 2 aromatic heterocycles. The number of carbonyl (C=O) groups is 1. The SMILES string of the molecule is Cc1csc(CNC(=O)c2nccs2)n1. The van der Waals surface area contributed by atoms with E-state index in [0.717, 1.165) is 10.7 Å². The van der Waals surface area contributed by atoms with E-state index in [4.69, 9.17) is 0 Å². The third kappa shape index (κ3) is 2.60. The summed E-state index contributed by atoms with van der Waals surface area (Å²) < 4.78 is 0. The van der Waals surface area contributed by atoms with Crippen molar-refractivity contribution in [3.63, 3.8) is 0 Å². The molecule has 0 saturated heterocycles. The van der Waals surface area contributed by atoms with Gasteiger partial charge in [-0.3, -0.25) is 4.79 Å². The summed E-state index contributed by atoms with van der Waals surface area (Å²) >= 11 is 2.88. The Labute approximate surface area is 95.0 Å². The molecule has 4 nitrogen and oxygen atoms in total. The van der Waals surface area contributed by atoms with E-state index in [-0.39, 0.29) is 5.91 Å². The van der Waals surface area contributed by atoms with Gasteiger partial charge in [-0.15, -0.1) is 22.7 Å². The molecule has 2 aromatic rings. The molecule has 1 amide bonds. The highest BCUT2D eigenvalue weighted by Crippen LogP contribution is 2.09. The third-order valence-electron chi connectivity index (χ3n) is 1.69. The molecular weight excluding hydrogens is 230 g/mol. The highest BCUT2D eigenvalue weighted by atomic mass is 32.1. The predicted molar refractivity (Wildman–Crippen MR) is 60.1 cm³/mol. The molecule has 6 heteroatoms. The zero-order chi connectivity index (χ0) is 10.7. The average molecular weight is 239 g/mol. The molecule has 2 heterocycles. The van der Waals surface area contributed by atoms with Crippen molar-refractivity contribution >= 4 is 28.6 Å². The van der Waals surface area contributed by atoms with Crippen molar-refractivity contribution in [2.75, 3.05) is 0 Å². The normalized spacial score (nSPS) is 10.2. The summed E-state index contributed by atoms with van der Waals surface area (Å²) in [6, 6.07) is 0. The molecule has 0 aliphatic rings. The van der Waals surface area contributed by atoms with Gasteiger partial charge in [0.1, 0.15) is 5.01 Å². The van der Waals surface area contributed by atoms with Gasteiger partial charge in [0.2, 0.25) is 0 Å². The fourth-order valence-electron chi connectivity index (χ4n) is 1.05. The maximum atomic E-state index is 11.5. The number of hydrogen-bond donors (Lipinski definition) is 1. The van der Waals surface area contributed by atoms with Crippen molar-refractivity contribution in [3.05, 3.63) is 32.7 Å². The van der Waals surface area contributed by atoms with Crippen LogP contribution in [0.3, 0.4) is 0 Å². The van der Waals surface area contributed by atoms with Crippen molar-refractivity contribution in [1.29, 1.82) is 0 Å². The molecule has 0 spiro atoms. The van der Waals surface area contributed by atoms with Crippen LogP contribution in [0.15, 0.2) is 17.0 Å². The van der Waals surface area contributed by atoms with Crippen LogP contribution in [0.1, 0.15) is 20.5 Å². The number of aryl methyl sites for hydroxylation is 1. The Kier molecular flexibility index (Phi) is 3.08. The molecule has 1 N–H and O–H groups in total.